The zero-order valence-electron chi connectivity index (χ0n) is 16.2. The van der Waals surface area contributed by atoms with E-state index >= 15 is 0 Å². The van der Waals surface area contributed by atoms with Gasteiger partial charge >= 0.3 is 0 Å². The number of non-ortho nitro benzene ring substituents is 1. The van der Waals surface area contributed by atoms with E-state index < -0.39 is 10.8 Å². The predicted molar refractivity (Wildman–Crippen MR) is 120 cm³/mol. The highest BCUT2D eigenvalue weighted by molar-refractivity contribution is 7.98. The molecule has 0 aliphatic heterocycles. The fourth-order valence-electron chi connectivity index (χ4n) is 2.86. The Kier molecular flexibility index (Phi) is 7.00. The summed E-state index contributed by atoms with van der Waals surface area (Å²) < 4.78 is 3.19. The van der Waals surface area contributed by atoms with E-state index in [2.05, 4.69) is 34.7 Å². The Morgan fingerprint density at radius 2 is 2.14 bits per heavy atom. The van der Waals surface area contributed by atoms with Crippen LogP contribution in [-0.2, 0) is 17.8 Å². The number of benzene rings is 2. The molecule has 1 heterocycles. The van der Waals surface area contributed by atoms with Crippen molar-refractivity contribution in [3.05, 3.63) is 74.6 Å². The number of nitrogens with zero attached hydrogens (tertiary/aromatic N) is 3. The van der Waals surface area contributed by atoms with Gasteiger partial charge in [0.1, 0.15) is 0 Å². The molecule has 8 heteroatoms. The summed E-state index contributed by atoms with van der Waals surface area (Å²) in [5.41, 5.74) is 2.90. The highest BCUT2D eigenvalue weighted by Crippen LogP contribution is 2.20. The maximum Gasteiger partial charge on any atom is 0.272 e. The Hall–Kier alpha value is -2.71. The Morgan fingerprint density at radius 1 is 1.31 bits per heavy atom. The highest BCUT2D eigenvalue weighted by atomic mass is 32.2. The smallest absolute Gasteiger partial charge is 0.272 e. The Labute approximate surface area is 176 Å². The van der Waals surface area contributed by atoms with Gasteiger partial charge in [0.2, 0.25) is 0 Å². The van der Waals surface area contributed by atoms with Crippen LogP contribution in [0.1, 0.15) is 18.1 Å². The average molecular weight is 428 g/mol. The van der Waals surface area contributed by atoms with E-state index in [0.717, 1.165) is 28.9 Å². The van der Waals surface area contributed by atoms with E-state index in [-0.39, 0.29) is 5.69 Å². The number of amides is 1. The van der Waals surface area contributed by atoms with Gasteiger partial charge in [-0.05, 0) is 42.0 Å². The van der Waals surface area contributed by atoms with Crippen molar-refractivity contribution in [3.8, 4) is 0 Å². The molecule has 0 unspecified atom stereocenters. The monoisotopic (exact) mass is 427 g/mol. The van der Waals surface area contributed by atoms with E-state index in [0.29, 0.717) is 10.4 Å². The third kappa shape index (κ3) is 5.21. The van der Waals surface area contributed by atoms with Gasteiger partial charge in [-0.1, -0.05) is 36.5 Å². The minimum absolute atomic E-state index is 0.0114. The number of hydrogen-bond acceptors (Lipinski definition) is 5. The van der Waals surface area contributed by atoms with Gasteiger partial charge in [0.25, 0.3) is 11.6 Å². The first-order chi connectivity index (χ1) is 14.0. The number of fused-ring (bicyclic) bond motifs is 1. The first-order valence-electron chi connectivity index (χ1n) is 9.14. The van der Waals surface area contributed by atoms with E-state index in [1.165, 1.54) is 35.1 Å². The van der Waals surface area contributed by atoms with Gasteiger partial charge in [-0.25, -0.2) is 0 Å². The number of hydrogen-bond donors (Lipinski definition) is 0. The highest BCUT2D eigenvalue weighted by Gasteiger charge is 2.08. The molecule has 0 spiro atoms. The Morgan fingerprint density at radius 3 is 2.86 bits per heavy atom. The van der Waals surface area contributed by atoms with E-state index in [9.17, 15) is 14.9 Å². The summed E-state index contributed by atoms with van der Waals surface area (Å²) in [6, 6.07) is 12.5. The summed E-state index contributed by atoms with van der Waals surface area (Å²) in [7, 11) is 0. The second-order valence-electron chi connectivity index (χ2n) is 6.32. The molecule has 1 aromatic heterocycles. The molecule has 29 heavy (non-hydrogen) atoms. The van der Waals surface area contributed by atoms with Crippen molar-refractivity contribution in [2.24, 2.45) is 4.99 Å². The van der Waals surface area contributed by atoms with Crippen molar-refractivity contribution >= 4 is 51.0 Å². The zero-order valence-corrected chi connectivity index (χ0v) is 17.8. The molecule has 3 rings (SSSR count). The van der Waals surface area contributed by atoms with Crippen LogP contribution in [0.25, 0.3) is 16.3 Å². The van der Waals surface area contributed by atoms with Crippen LogP contribution in [0.4, 0.5) is 5.69 Å². The maximum absolute atomic E-state index is 12.4. The molecule has 0 saturated heterocycles. The maximum atomic E-state index is 12.4. The van der Waals surface area contributed by atoms with Crippen LogP contribution >= 0.6 is 23.1 Å². The number of aromatic nitrogens is 1. The molecule has 1 amide bonds. The lowest BCUT2D eigenvalue weighted by molar-refractivity contribution is -0.384. The molecule has 2 aromatic carbocycles. The minimum atomic E-state index is -0.458. The lowest BCUT2D eigenvalue weighted by Crippen LogP contribution is -2.17. The molecule has 0 N–H and O–H groups in total. The molecular formula is C21H21N3O3S2. The molecule has 0 fully saturated rings. The van der Waals surface area contributed by atoms with Crippen LogP contribution in [0.3, 0.4) is 0 Å². The van der Waals surface area contributed by atoms with Crippen LogP contribution in [-0.4, -0.2) is 27.4 Å². The summed E-state index contributed by atoms with van der Waals surface area (Å²) in [4.78, 5) is 27.8. The fraction of sp³-hybridized carbons (Fsp3) is 0.238. The van der Waals surface area contributed by atoms with Gasteiger partial charge in [0.05, 0.1) is 15.1 Å². The second kappa shape index (κ2) is 9.67. The number of nitro groups is 1. The quantitative estimate of drug-likeness (QED) is 0.312. The molecule has 150 valence electrons. The van der Waals surface area contributed by atoms with E-state index in [1.54, 1.807) is 30.0 Å². The zero-order chi connectivity index (χ0) is 20.8. The van der Waals surface area contributed by atoms with Crippen LogP contribution in [0.15, 0.2) is 53.5 Å². The van der Waals surface area contributed by atoms with Crippen LogP contribution < -0.4 is 4.80 Å². The van der Waals surface area contributed by atoms with Crippen LogP contribution in [0, 0.1) is 10.1 Å². The predicted octanol–water partition coefficient (Wildman–Crippen LogP) is 4.68. The lowest BCUT2D eigenvalue weighted by Gasteiger charge is -2.04. The number of carbonyl (C=O) groups excluding carboxylic acids is 1. The van der Waals surface area contributed by atoms with Crippen molar-refractivity contribution in [2.75, 3.05) is 12.0 Å². The third-order valence-corrected chi connectivity index (χ3v) is 6.01. The van der Waals surface area contributed by atoms with Crippen molar-refractivity contribution in [2.45, 2.75) is 19.9 Å². The van der Waals surface area contributed by atoms with E-state index in [1.807, 2.05) is 6.26 Å². The molecule has 3 aromatic rings. The number of thiazole rings is 1. The number of thioether (sulfide) groups is 1. The Balaban J connectivity index is 1.94. The first kappa shape index (κ1) is 21.0. The Bertz CT molecular complexity index is 1150. The molecule has 0 aliphatic rings. The van der Waals surface area contributed by atoms with Gasteiger partial charge in [-0.2, -0.15) is 16.8 Å². The van der Waals surface area contributed by atoms with Crippen molar-refractivity contribution < 1.29 is 9.72 Å². The summed E-state index contributed by atoms with van der Waals surface area (Å²) >= 11 is 3.25. The summed E-state index contributed by atoms with van der Waals surface area (Å²) in [6.07, 6.45) is 5.90. The minimum Gasteiger partial charge on any atom is -0.316 e. The third-order valence-electron chi connectivity index (χ3n) is 4.38. The molecular weight excluding hydrogens is 406 g/mol. The summed E-state index contributed by atoms with van der Waals surface area (Å²) in [5, 5.41) is 10.9. The SMILES string of the molecule is CCc1ccc2c(c1)sc(=NC(=O)/C=C/c1cccc([N+](=O)[O-])c1)n2CCSC. The molecule has 0 radical (unpaired) electrons. The fourth-order valence-corrected chi connectivity index (χ4v) is 4.35. The standard InChI is InChI=1S/C21H21N3O3S2/c1-3-15-7-9-18-19(14-15)29-21(23(18)11-12-28-2)22-20(25)10-8-16-5-4-6-17(13-16)24(26)27/h4-10,13-14H,3,11-12H2,1-2H3/b10-8+,22-21?. The lowest BCUT2D eigenvalue weighted by atomic mass is 10.2. The largest absolute Gasteiger partial charge is 0.316 e. The molecule has 0 bridgehead atoms. The van der Waals surface area contributed by atoms with Gasteiger partial charge in [-0.15, -0.1) is 0 Å². The number of aryl methyl sites for hydroxylation is 2. The number of rotatable bonds is 7. The van der Waals surface area contributed by atoms with Crippen molar-refractivity contribution in [1.29, 1.82) is 0 Å². The van der Waals surface area contributed by atoms with Gasteiger partial charge in [0.15, 0.2) is 4.80 Å². The van der Waals surface area contributed by atoms with E-state index in [4.69, 9.17) is 0 Å². The van der Waals surface area contributed by atoms with Crippen LogP contribution in [0.5, 0.6) is 0 Å². The van der Waals surface area contributed by atoms with Gasteiger partial charge in [0, 0.05) is 30.5 Å². The molecule has 0 aliphatic carbocycles. The number of carbonyl (C=O) groups is 1. The van der Waals surface area contributed by atoms with Crippen LogP contribution in [0.2, 0.25) is 0 Å². The normalized spacial score (nSPS) is 12.1. The summed E-state index contributed by atoms with van der Waals surface area (Å²) in [5.74, 6) is 0.531. The molecule has 0 saturated carbocycles. The van der Waals surface area contributed by atoms with Crippen molar-refractivity contribution in [1.82, 2.24) is 4.57 Å². The second-order valence-corrected chi connectivity index (χ2v) is 8.31. The average Bonchev–Trinajstić information content (AvgIpc) is 3.06. The number of nitro benzene ring substituents is 1. The van der Waals surface area contributed by atoms with Gasteiger partial charge in [-0.3, -0.25) is 14.9 Å². The van der Waals surface area contributed by atoms with Gasteiger partial charge < -0.3 is 4.57 Å². The topological polar surface area (TPSA) is 77.5 Å². The molecule has 0 atom stereocenters. The first-order valence-corrected chi connectivity index (χ1v) is 11.3. The molecule has 6 nitrogen and oxygen atoms in total. The summed E-state index contributed by atoms with van der Waals surface area (Å²) in [6.45, 7) is 2.89. The van der Waals surface area contributed by atoms with Crippen molar-refractivity contribution in [3.63, 3.8) is 0 Å².